The molecule has 1 aliphatic heterocycles. The molecule has 21 heavy (non-hydrogen) atoms. The highest BCUT2D eigenvalue weighted by Crippen LogP contribution is 2.20. The van der Waals surface area contributed by atoms with E-state index in [0.717, 1.165) is 42.7 Å². The van der Waals surface area contributed by atoms with Crippen LogP contribution in [0.25, 0.3) is 0 Å². The molecule has 7 heteroatoms. The summed E-state index contributed by atoms with van der Waals surface area (Å²) in [5, 5.41) is 16.7. The molecule has 0 saturated heterocycles. The van der Waals surface area contributed by atoms with Gasteiger partial charge < -0.3 is 15.3 Å². The molecule has 0 atom stereocenters. The molecule has 1 aliphatic rings. The highest BCUT2D eigenvalue weighted by molar-refractivity contribution is 5.43. The van der Waals surface area contributed by atoms with Crippen LogP contribution >= 0.6 is 0 Å². The smallest absolute Gasteiger partial charge is 0.227 e. The monoisotopic (exact) mass is 288 g/mol. The van der Waals surface area contributed by atoms with Gasteiger partial charge in [-0.2, -0.15) is 10.1 Å². The summed E-state index contributed by atoms with van der Waals surface area (Å²) in [4.78, 5) is 11.2. The molecule has 0 fully saturated rings. The first-order valence-electron chi connectivity index (χ1n) is 7.14. The maximum absolute atomic E-state index is 9.22. The normalized spacial score (nSPS) is 14.7. The molecule has 112 valence electrons. The lowest BCUT2D eigenvalue weighted by molar-refractivity contribution is 0.275. The van der Waals surface area contributed by atoms with Crippen LogP contribution in [0.4, 0.5) is 11.8 Å². The summed E-state index contributed by atoms with van der Waals surface area (Å²) in [5.74, 6) is 1.56. The minimum atomic E-state index is -0.0230. The number of fused-ring (bicyclic) bond motifs is 1. The van der Waals surface area contributed by atoms with E-state index in [1.165, 1.54) is 0 Å². The molecule has 2 aromatic heterocycles. The van der Waals surface area contributed by atoms with E-state index in [0.29, 0.717) is 12.2 Å². The van der Waals surface area contributed by atoms with E-state index in [1.807, 2.05) is 30.8 Å². The number of rotatable bonds is 3. The second kappa shape index (κ2) is 5.69. The van der Waals surface area contributed by atoms with Gasteiger partial charge in [0.05, 0.1) is 24.5 Å². The third-order valence-corrected chi connectivity index (χ3v) is 3.61. The number of aliphatic hydroxyl groups is 1. The molecule has 3 rings (SSSR count). The molecule has 3 heterocycles. The number of nitrogens with zero attached hydrogens (tertiary/aromatic N) is 5. The Morgan fingerprint density at radius 1 is 1.29 bits per heavy atom. The molecule has 0 aliphatic carbocycles. The Morgan fingerprint density at radius 2 is 2.14 bits per heavy atom. The summed E-state index contributed by atoms with van der Waals surface area (Å²) in [6.45, 7) is 4.41. The van der Waals surface area contributed by atoms with Gasteiger partial charge in [-0.3, -0.25) is 4.68 Å². The van der Waals surface area contributed by atoms with Crippen molar-refractivity contribution in [2.24, 2.45) is 0 Å². The number of nitrogens with one attached hydrogen (secondary N) is 1. The van der Waals surface area contributed by atoms with Gasteiger partial charge in [0.1, 0.15) is 5.82 Å². The maximum atomic E-state index is 9.22. The molecular formula is C14H20N6O. The fourth-order valence-corrected chi connectivity index (χ4v) is 2.59. The van der Waals surface area contributed by atoms with Crippen LogP contribution in [-0.4, -0.2) is 38.4 Å². The maximum Gasteiger partial charge on any atom is 0.227 e. The Labute approximate surface area is 123 Å². The van der Waals surface area contributed by atoms with Crippen LogP contribution in [0, 0.1) is 6.92 Å². The molecule has 7 nitrogen and oxygen atoms in total. The van der Waals surface area contributed by atoms with Gasteiger partial charge in [0.15, 0.2) is 0 Å². The van der Waals surface area contributed by atoms with Crippen LogP contribution in [0.15, 0.2) is 12.1 Å². The highest BCUT2D eigenvalue weighted by atomic mass is 16.3. The standard InChI is InChI=1S/C14H20N6O/c1-10-6-13(15-2)17-14(16-10)19-4-3-5-20-12(8-19)7-11(9-21)18-20/h6-7,21H,3-5,8-9H2,1-2H3,(H,15,16,17). The van der Waals surface area contributed by atoms with Gasteiger partial charge >= 0.3 is 0 Å². The average molecular weight is 288 g/mol. The topological polar surface area (TPSA) is 79.1 Å². The fraction of sp³-hybridized carbons (Fsp3) is 0.500. The van der Waals surface area contributed by atoms with Gasteiger partial charge in [0.25, 0.3) is 0 Å². The van der Waals surface area contributed by atoms with Crippen molar-refractivity contribution >= 4 is 11.8 Å². The van der Waals surface area contributed by atoms with E-state index in [4.69, 9.17) is 0 Å². The summed E-state index contributed by atoms with van der Waals surface area (Å²) in [5.41, 5.74) is 2.75. The van der Waals surface area contributed by atoms with Crippen LogP contribution in [-0.2, 0) is 19.7 Å². The zero-order valence-corrected chi connectivity index (χ0v) is 12.4. The summed E-state index contributed by atoms with van der Waals surface area (Å²) < 4.78 is 1.97. The summed E-state index contributed by atoms with van der Waals surface area (Å²) >= 11 is 0. The van der Waals surface area contributed by atoms with E-state index in [2.05, 4.69) is 25.3 Å². The number of hydrogen-bond donors (Lipinski definition) is 2. The van der Waals surface area contributed by atoms with Gasteiger partial charge in [-0.15, -0.1) is 0 Å². The lowest BCUT2D eigenvalue weighted by Crippen LogP contribution is -2.25. The van der Waals surface area contributed by atoms with E-state index < -0.39 is 0 Å². The summed E-state index contributed by atoms with van der Waals surface area (Å²) in [7, 11) is 1.86. The third kappa shape index (κ3) is 2.82. The van der Waals surface area contributed by atoms with Crippen LogP contribution < -0.4 is 10.2 Å². The van der Waals surface area contributed by atoms with Crippen molar-refractivity contribution in [1.29, 1.82) is 0 Å². The number of aromatic nitrogens is 4. The SMILES string of the molecule is CNc1cc(C)nc(N2CCCn3nc(CO)cc3C2)n1. The second-order valence-electron chi connectivity index (χ2n) is 5.23. The van der Waals surface area contributed by atoms with Crippen molar-refractivity contribution in [2.45, 2.75) is 33.0 Å². The predicted octanol–water partition coefficient (Wildman–Crippen LogP) is 0.926. The molecule has 2 N–H and O–H groups in total. The fourth-order valence-electron chi connectivity index (χ4n) is 2.59. The number of aliphatic hydroxyl groups excluding tert-OH is 1. The Balaban J connectivity index is 1.90. The molecule has 0 unspecified atom stereocenters. The first-order chi connectivity index (χ1) is 10.2. The molecule has 0 spiro atoms. The molecule has 0 amide bonds. The van der Waals surface area contributed by atoms with Gasteiger partial charge in [-0.05, 0) is 19.4 Å². The Hall–Kier alpha value is -2.15. The molecule has 0 radical (unpaired) electrons. The van der Waals surface area contributed by atoms with Crippen LogP contribution in [0.2, 0.25) is 0 Å². The largest absolute Gasteiger partial charge is 0.390 e. The van der Waals surface area contributed by atoms with Crippen LogP contribution in [0.5, 0.6) is 0 Å². The van der Waals surface area contributed by atoms with Crippen LogP contribution in [0.3, 0.4) is 0 Å². The number of hydrogen-bond acceptors (Lipinski definition) is 6. The third-order valence-electron chi connectivity index (χ3n) is 3.61. The first-order valence-corrected chi connectivity index (χ1v) is 7.14. The molecule has 0 saturated carbocycles. The van der Waals surface area contributed by atoms with Crippen molar-refractivity contribution in [3.05, 3.63) is 29.2 Å². The molecule has 0 bridgehead atoms. The summed E-state index contributed by atoms with van der Waals surface area (Å²) in [6, 6.07) is 3.88. The van der Waals surface area contributed by atoms with Crippen molar-refractivity contribution in [3.8, 4) is 0 Å². The van der Waals surface area contributed by atoms with E-state index in [9.17, 15) is 5.11 Å². The molecule has 2 aromatic rings. The van der Waals surface area contributed by atoms with Gasteiger partial charge in [-0.1, -0.05) is 0 Å². The Bertz CT molecular complexity index is 638. The number of aryl methyl sites for hydroxylation is 2. The second-order valence-corrected chi connectivity index (χ2v) is 5.23. The minimum absolute atomic E-state index is 0.0230. The average Bonchev–Trinajstić information content (AvgIpc) is 2.77. The lowest BCUT2D eigenvalue weighted by Gasteiger charge is -2.20. The Kier molecular flexibility index (Phi) is 3.74. The van der Waals surface area contributed by atoms with Gasteiger partial charge in [-0.25, -0.2) is 4.98 Å². The summed E-state index contributed by atoms with van der Waals surface area (Å²) in [6.07, 6.45) is 0.978. The van der Waals surface area contributed by atoms with Crippen molar-refractivity contribution in [2.75, 3.05) is 23.8 Å². The predicted molar refractivity (Wildman–Crippen MR) is 80.1 cm³/mol. The van der Waals surface area contributed by atoms with Gasteiger partial charge in [0, 0.05) is 31.9 Å². The minimum Gasteiger partial charge on any atom is -0.390 e. The Morgan fingerprint density at radius 3 is 2.90 bits per heavy atom. The zero-order valence-electron chi connectivity index (χ0n) is 12.4. The van der Waals surface area contributed by atoms with E-state index in [-0.39, 0.29) is 6.61 Å². The van der Waals surface area contributed by atoms with E-state index >= 15 is 0 Å². The lowest BCUT2D eigenvalue weighted by atomic mass is 10.3. The molecular weight excluding hydrogens is 268 g/mol. The van der Waals surface area contributed by atoms with E-state index in [1.54, 1.807) is 0 Å². The van der Waals surface area contributed by atoms with Crippen molar-refractivity contribution < 1.29 is 5.11 Å². The van der Waals surface area contributed by atoms with Crippen LogP contribution in [0.1, 0.15) is 23.5 Å². The quantitative estimate of drug-likeness (QED) is 0.874. The van der Waals surface area contributed by atoms with Crippen molar-refractivity contribution in [1.82, 2.24) is 19.7 Å². The zero-order chi connectivity index (χ0) is 14.8. The molecule has 0 aromatic carbocycles. The number of anilines is 2. The highest BCUT2D eigenvalue weighted by Gasteiger charge is 2.19. The van der Waals surface area contributed by atoms with Gasteiger partial charge in [0.2, 0.25) is 5.95 Å². The van der Waals surface area contributed by atoms with Crippen molar-refractivity contribution in [3.63, 3.8) is 0 Å². The first kappa shape index (κ1) is 13.8.